The van der Waals surface area contributed by atoms with Gasteiger partial charge in [-0.15, -0.1) is 5.10 Å². The molecule has 5 nitrogen and oxygen atoms in total. The summed E-state index contributed by atoms with van der Waals surface area (Å²) < 4.78 is 1.32. The number of aliphatic hydroxyl groups is 1. The summed E-state index contributed by atoms with van der Waals surface area (Å²) in [7, 11) is 0. The van der Waals surface area contributed by atoms with Crippen LogP contribution in [0.5, 0.6) is 0 Å². The van der Waals surface area contributed by atoms with Gasteiger partial charge in [-0.1, -0.05) is 39.5 Å². The summed E-state index contributed by atoms with van der Waals surface area (Å²) in [6, 6.07) is 2.06. The number of nitrogens with zero attached hydrogens (tertiary/aromatic N) is 4. The summed E-state index contributed by atoms with van der Waals surface area (Å²) in [5, 5.41) is 24.1. The first-order valence-corrected chi connectivity index (χ1v) is 7.98. The molecule has 1 aliphatic heterocycles. The second kappa shape index (κ2) is 7.13. The van der Waals surface area contributed by atoms with Crippen molar-refractivity contribution in [1.82, 2.24) is 14.8 Å². The van der Waals surface area contributed by atoms with E-state index in [0.717, 1.165) is 25.7 Å². The van der Waals surface area contributed by atoms with Crippen LogP contribution < -0.4 is 0 Å². The van der Waals surface area contributed by atoms with Gasteiger partial charge < -0.3 is 5.11 Å². The van der Waals surface area contributed by atoms with Crippen molar-refractivity contribution >= 4 is 5.88 Å². The van der Waals surface area contributed by atoms with Crippen molar-refractivity contribution in [2.75, 3.05) is 0 Å². The molecule has 0 saturated carbocycles. The lowest BCUT2D eigenvalue weighted by Crippen LogP contribution is -2.08. The van der Waals surface area contributed by atoms with Crippen molar-refractivity contribution < 1.29 is 5.11 Å². The molecule has 0 spiro atoms. The number of unbranched alkanes of at least 4 members (excludes halogenated alkanes) is 1. The number of hydrogen-bond donors (Lipinski definition) is 1. The summed E-state index contributed by atoms with van der Waals surface area (Å²) in [6.07, 6.45) is 4.90. The number of rotatable bonds is 6. The Labute approximate surface area is 131 Å². The predicted octanol–water partition coefficient (Wildman–Crippen LogP) is 3.60. The Kier molecular flexibility index (Phi) is 5.22. The first-order chi connectivity index (χ1) is 10.7. The molecule has 2 atom stereocenters. The number of aliphatic hydroxyl groups excluding tert-OH is 1. The highest BCUT2D eigenvalue weighted by Crippen LogP contribution is 2.26. The first-order valence-electron chi connectivity index (χ1n) is 7.98. The van der Waals surface area contributed by atoms with Gasteiger partial charge in [0.25, 0.3) is 0 Å². The van der Waals surface area contributed by atoms with Crippen molar-refractivity contribution in [2.24, 2.45) is 5.92 Å². The largest absolute Gasteiger partial charge is 0.492 e. The molecule has 2 rings (SSSR count). The molecule has 1 aliphatic rings. The van der Waals surface area contributed by atoms with E-state index in [0.29, 0.717) is 18.1 Å². The molecular weight excluding hydrogens is 276 g/mol. The molecule has 1 N–H and O–H groups in total. The van der Waals surface area contributed by atoms with Gasteiger partial charge >= 0.3 is 0 Å². The number of hydrogen-bond acceptors (Lipinski definition) is 4. The van der Waals surface area contributed by atoms with E-state index in [1.807, 2.05) is 6.92 Å². The Morgan fingerprint density at radius 2 is 2.18 bits per heavy atom. The molecule has 5 heteroatoms. The molecule has 116 valence electrons. The van der Waals surface area contributed by atoms with Crippen LogP contribution in [0.3, 0.4) is 0 Å². The van der Waals surface area contributed by atoms with Crippen LogP contribution in [-0.2, 0) is 0 Å². The lowest BCUT2D eigenvalue weighted by Gasteiger charge is -2.10. The second-order valence-electron chi connectivity index (χ2n) is 5.53. The van der Waals surface area contributed by atoms with Crippen molar-refractivity contribution in [2.45, 2.75) is 58.8 Å². The highest BCUT2D eigenvalue weighted by atomic mass is 16.3. The molecule has 0 saturated heterocycles. The zero-order valence-electron chi connectivity index (χ0n) is 13.4. The standard InChI is InChI=1S/C17H22N4O/c1-4-7-8-13(6-3)16-19-15-10-9-12(5-2)14(11-18)17(22)21(15)20-16/h12-13,22H,4-8H2,1-3H3/t12?,13-/m1/s1. The molecule has 1 unspecified atom stereocenters. The monoisotopic (exact) mass is 298 g/mol. The van der Waals surface area contributed by atoms with Crippen molar-refractivity contribution in [3.05, 3.63) is 17.2 Å². The van der Waals surface area contributed by atoms with Gasteiger partial charge in [-0.3, -0.25) is 0 Å². The van der Waals surface area contributed by atoms with Crippen molar-refractivity contribution in [1.29, 1.82) is 5.26 Å². The van der Waals surface area contributed by atoms with Gasteiger partial charge in [0, 0.05) is 5.92 Å². The Morgan fingerprint density at radius 3 is 2.77 bits per heavy atom. The van der Waals surface area contributed by atoms with Crippen LogP contribution >= 0.6 is 0 Å². The summed E-state index contributed by atoms with van der Waals surface area (Å²) in [5.74, 6) is 6.96. The molecule has 22 heavy (non-hydrogen) atoms. The topological polar surface area (TPSA) is 74.7 Å². The zero-order chi connectivity index (χ0) is 16.1. The molecule has 0 bridgehead atoms. The lowest BCUT2D eigenvalue weighted by atomic mass is 9.98. The van der Waals surface area contributed by atoms with E-state index in [9.17, 15) is 10.4 Å². The number of allylic oxidation sites excluding steroid dienone is 1. The number of fused-ring (bicyclic) bond motifs is 1. The van der Waals surface area contributed by atoms with Crippen molar-refractivity contribution in [3.63, 3.8) is 0 Å². The summed E-state index contributed by atoms with van der Waals surface area (Å²) in [4.78, 5) is 4.50. The Bertz CT molecular complexity index is 669. The number of nitriles is 1. The minimum Gasteiger partial charge on any atom is -0.492 e. The third-order valence-electron chi connectivity index (χ3n) is 4.06. The molecule has 1 aromatic rings. The maximum absolute atomic E-state index is 10.4. The van der Waals surface area contributed by atoms with Gasteiger partial charge in [0.1, 0.15) is 11.6 Å². The van der Waals surface area contributed by atoms with E-state index in [4.69, 9.17) is 0 Å². The van der Waals surface area contributed by atoms with E-state index < -0.39 is 0 Å². The molecule has 0 fully saturated rings. The molecule has 2 heterocycles. The van der Waals surface area contributed by atoms with Crippen LogP contribution in [-0.4, -0.2) is 19.9 Å². The molecular formula is C17H22N4O. The summed E-state index contributed by atoms with van der Waals surface area (Å²) in [6.45, 7) is 6.21. The van der Waals surface area contributed by atoms with Crippen LogP contribution in [0, 0.1) is 29.1 Å². The van der Waals surface area contributed by atoms with Gasteiger partial charge in [0.15, 0.2) is 5.82 Å². The maximum Gasteiger partial charge on any atom is 0.230 e. The van der Waals surface area contributed by atoms with Crippen LogP contribution in [0.1, 0.15) is 70.4 Å². The minimum absolute atomic E-state index is 0.147. The van der Waals surface area contributed by atoms with Gasteiger partial charge in [-0.05, 0) is 25.2 Å². The summed E-state index contributed by atoms with van der Waals surface area (Å²) in [5.41, 5.74) is 0.270. The molecule has 0 aromatic carbocycles. The zero-order valence-corrected chi connectivity index (χ0v) is 13.4. The lowest BCUT2D eigenvalue weighted by molar-refractivity contribution is 0.444. The highest BCUT2D eigenvalue weighted by Gasteiger charge is 2.25. The van der Waals surface area contributed by atoms with Crippen LogP contribution in [0.15, 0.2) is 5.57 Å². The quantitative estimate of drug-likeness (QED) is 0.814. The molecule has 0 amide bonds. The predicted molar refractivity (Wildman–Crippen MR) is 84.7 cm³/mol. The van der Waals surface area contributed by atoms with Crippen molar-refractivity contribution in [3.8, 4) is 17.9 Å². The third kappa shape index (κ3) is 2.99. The van der Waals surface area contributed by atoms with E-state index in [2.05, 4.69) is 41.8 Å². The fourth-order valence-electron chi connectivity index (χ4n) is 2.62. The Balaban J connectivity index is 2.43. The second-order valence-corrected chi connectivity index (χ2v) is 5.53. The fraction of sp³-hybridized carbons (Fsp3) is 0.588. The van der Waals surface area contributed by atoms with E-state index in [-0.39, 0.29) is 23.3 Å². The third-order valence-corrected chi connectivity index (χ3v) is 4.06. The SMILES string of the molecule is CCCC[C@@H](CC)c1nc2n(n1)C(O)=C(C#N)C(CC)C#C2. The molecule has 0 radical (unpaired) electrons. The van der Waals surface area contributed by atoms with Crippen LogP contribution in [0.4, 0.5) is 0 Å². The average molecular weight is 298 g/mol. The van der Waals surface area contributed by atoms with Gasteiger partial charge in [-0.2, -0.15) is 9.94 Å². The normalized spacial score (nSPS) is 18.0. The van der Waals surface area contributed by atoms with Gasteiger partial charge in [-0.25, -0.2) is 4.98 Å². The molecule has 0 aliphatic carbocycles. The van der Waals surface area contributed by atoms with Crippen LogP contribution in [0.25, 0.3) is 5.88 Å². The summed E-state index contributed by atoms with van der Waals surface area (Å²) >= 11 is 0. The van der Waals surface area contributed by atoms with E-state index >= 15 is 0 Å². The molecule has 1 aromatic heterocycles. The maximum atomic E-state index is 10.4. The van der Waals surface area contributed by atoms with Gasteiger partial charge in [0.2, 0.25) is 11.7 Å². The Morgan fingerprint density at radius 1 is 1.41 bits per heavy atom. The highest BCUT2D eigenvalue weighted by molar-refractivity contribution is 5.55. The average Bonchev–Trinajstić information content (AvgIpc) is 2.90. The fourth-order valence-corrected chi connectivity index (χ4v) is 2.62. The smallest absolute Gasteiger partial charge is 0.230 e. The minimum atomic E-state index is -0.265. The Hall–Kier alpha value is -2.27. The van der Waals surface area contributed by atoms with Crippen LogP contribution in [0.2, 0.25) is 0 Å². The first kappa shape index (κ1) is 16.1. The van der Waals surface area contributed by atoms with Gasteiger partial charge in [0.05, 0.1) is 5.92 Å². The van der Waals surface area contributed by atoms with E-state index in [1.165, 1.54) is 4.68 Å². The van der Waals surface area contributed by atoms with E-state index in [1.54, 1.807) is 0 Å². The number of aromatic nitrogens is 3.